The summed E-state index contributed by atoms with van der Waals surface area (Å²) in [5.41, 5.74) is -0.338. The number of carboxylic acid groups (broad SMARTS) is 1. The summed E-state index contributed by atoms with van der Waals surface area (Å²) in [5, 5.41) is 8.63. The maximum absolute atomic E-state index is 10.5. The van der Waals surface area contributed by atoms with E-state index in [-0.39, 0.29) is 12.0 Å². The van der Waals surface area contributed by atoms with Crippen molar-refractivity contribution in [2.75, 3.05) is 0 Å². The molecular weight excluding hydrogens is 154 g/mol. The Kier molecular flexibility index (Phi) is 2.22. The minimum Gasteiger partial charge on any atom is -0.481 e. The van der Waals surface area contributed by atoms with Gasteiger partial charge in [0.15, 0.2) is 0 Å². The first-order valence-corrected chi connectivity index (χ1v) is 3.87. The maximum Gasteiger partial charge on any atom is 0.305 e. The van der Waals surface area contributed by atoms with Crippen LogP contribution in [0.5, 0.6) is 0 Å². The van der Waals surface area contributed by atoms with E-state index in [0.717, 1.165) is 0 Å². The summed E-state index contributed by atoms with van der Waals surface area (Å²) >= 11 is 0. The average Bonchev–Trinajstić information content (AvgIpc) is 2.32. The fourth-order valence-corrected chi connectivity index (χ4v) is 1.20. The number of hydrogen-bond donors (Lipinski definition) is 1. The molecule has 0 aliphatic rings. The van der Waals surface area contributed by atoms with Crippen LogP contribution < -0.4 is 0 Å². The minimum absolute atomic E-state index is 0.141. The predicted octanol–water partition coefficient (Wildman–Crippen LogP) is 1.70. The van der Waals surface area contributed by atoms with Crippen molar-refractivity contribution in [2.24, 2.45) is 0 Å². The van der Waals surface area contributed by atoms with Gasteiger partial charge in [0.1, 0.15) is 0 Å². The first kappa shape index (κ1) is 8.84. The van der Waals surface area contributed by atoms with Gasteiger partial charge >= 0.3 is 5.97 Å². The number of nitrogens with zero attached hydrogens (tertiary/aromatic N) is 1. The molecule has 0 atom stereocenters. The lowest BCUT2D eigenvalue weighted by Crippen LogP contribution is -2.27. The van der Waals surface area contributed by atoms with Crippen LogP contribution in [0.2, 0.25) is 0 Å². The second kappa shape index (κ2) is 3.01. The van der Waals surface area contributed by atoms with Gasteiger partial charge in [-0.15, -0.1) is 0 Å². The molecule has 3 nitrogen and oxygen atoms in total. The van der Waals surface area contributed by atoms with E-state index in [1.54, 1.807) is 0 Å². The average molecular weight is 167 g/mol. The van der Waals surface area contributed by atoms with Gasteiger partial charge in [-0.25, -0.2) is 0 Å². The zero-order chi connectivity index (χ0) is 9.19. The van der Waals surface area contributed by atoms with Crippen LogP contribution in [0, 0.1) is 0 Å². The van der Waals surface area contributed by atoms with Crippen LogP contribution in [0.25, 0.3) is 0 Å². The van der Waals surface area contributed by atoms with Gasteiger partial charge in [0.2, 0.25) is 0 Å². The molecule has 1 N–H and O–H groups in total. The fraction of sp³-hybridized carbons (Fsp3) is 0.444. The van der Waals surface area contributed by atoms with Crippen LogP contribution in [0.4, 0.5) is 0 Å². The Labute approximate surface area is 71.6 Å². The highest BCUT2D eigenvalue weighted by molar-refractivity contribution is 5.67. The van der Waals surface area contributed by atoms with Crippen LogP contribution in [0.1, 0.15) is 20.3 Å². The molecule has 0 amide bonds. The maximum atomic E-state index is 10.5. The number of aromatic nitrogens is 1. The van der Waals surface area contributed by atoms with Crippen molar-refractivity contribution in [1.29, 1.82) is 0 Å². The highest BCUT2D eigenvalue weighted by Crippen LogP contribution is 2.19. The summed E-state index contributed by atoms with van der Waals surface area (Å²) < 4.78 is 1.90. The zero-order valence-corrected chi connectivity index (χ0v) is 7.32. The van der Waals surface area contributed by atoms with E-state index in [1.165, 1.54) is 0 Å². The van der Waals surface area contributed by atoms with Crippen molar-refractivity contribution < 1.29 is 9.90 Å². The van der Waals surface area contributed by atoms with Crippen molar-refractivity contribution in [1.82, 2.24) is 4.57 Å². The molecule has 0 radical (unpaired) electrons. The molecule has 1 heterocycles. The smallest absolute Gasteiger partial charge is 0.305 e. The van der Waals surface area contributed by atoms with Crippen molar-refractivity contribution in [3.05, 3.63) is 24.5 Å². The Morgan fingerprint density at radius 2 is 1.92 bits per heavy atom. The normalized spacial score (nSPS) is 11.5. The molecule has 0 saturated heterocycles. The monoisotopic (exact) mass is 167 g/mol. The molecule has 0 spiro atoms. The van der Waals surface area contributed by atoms with Gasteiger partial charge in [-0.1, -0.05) is 0 Å². The molecule has 3 heteroatoms. The molecule has 0 aliphatic heterocycles. The topological polar surface area (TPSA) is 42.2 Å². The summed E-state index contributed by atoms with van der Waals surface area (Å²) in [4.78, 5) is 10.5. The van der Waals surface area contributed by atoms with Crippen LogP contribution in [-0.4, -0.2) is 15.6 Å². The van der Waals surface area contributed by atoms with E-state index in [4.69, 9.17) is 5.11 Å². The molecule has 1 aromatic heterocycles. The van der Waals surface area contributed by atoms with Gasteiger partial charge in [-0.2, -0.15) is 0 Å². The van der Waals surface area contributed by atoms with Crippen LogP contribution in [0.15, 0.2) is 24.5 Å². The number of carbonyl (C=O) groups is 1. The van der Waals surface area contributed by atoms with Gasteiger partial charge in [0.05, 0.1) is 6.42 Å². The Hall–Kier alpha value is -1.25. The van der Waals surface area contributed by atoms with Gasteiger partial charge in [0.25, 0.3) is 0 Å². The van der Waals surface area contributed by atoms with E-state index >= 15 is 0 Å². The highest BCUT2D eigenvalue weighted by atomic mass is 16.4. The van der Waals surface area contributed by atoms with Crippen LogP contribution in [-0.2, 0) is 10.3 Å². The van der Waals surface area contributed by atoms with E-state index in [9.17, 15) is 4.79 Å². The molecule has 1 rings (SSSR count). The third kappa shape index (κ3) is 1.87. The molecule has 0 aliphatic carbocycles. The van der Waals surface area contributed by atoms with Gasteiger partial charge in [-0.3, -0.25) is 4.79 Å². The molecule has 0 saturated carbocycles. The highest BCUT2D eigenvalue weighted by Gasteiger charge is 2.22. The zero-order valence-electron chi connectivity index (χ0n) is 7.32. The SMILES string of the molecule is CC(C)(CC(=O)O)n1cccc1. The Balaban J connectivity index is 2.79. The number of rotatable bonds is 3. The minimum atomic E-state index is -0.770. The molecule has 12 heavy (non-hydrogen) atoms. The summed E-state index contributed by atoms with van der Waals surface area (Å²) in [6.45, 7) is 3.81. The van der Waals surface area contributed by atoms with E-state index in [0.29, 0.717) is 0 Å². The van der Waals surface area contributed by atoms with Crippen molar-refractivity contribution >= 4 is 5.97 Å². The number of carboxylic acids is 1. The summed E-state index contributed by atoms with van der Waals surface area (Å²) in [7, 11) is 0. The van der Waals surface area contributed by atoms with Crippen LogP contribution in [0.3, 0.4) is 0 Å². The molecule has 0 unspecified atom stereocenters. The predicted molar refractivity (Wildman–Crippen MR) is 46.0 cm³/mol. The molecule has 0 fully saturated rings. The second-order valence-corrected chi connectivity index (χ2v) is 3.47. The summed E-state index contributed by atoms with van der Waals surface area (Å²) in [5.74, 6) is -0.770. The number of aliphatic carboxylic acids is 1. The third-order valence-corrected chi connectivity index (χ3v) is 1.89. The number of hydrogen-bond acceptors (Lipinski definition) is 1. The molecular formula is C9H13NO2. The van der Waals surface area contributed by atoms with Gasteiger partial charge < -0.3 is 9.67 Å². The van der Waals surface area contributed by atoms with E-state index in [2.05, 4.69) is 0 Å². The first-order valence-electron chi connectivity index (χ1n) is 3.87. The second-order valence-electron chi connectivity index (χ2n) is 3.47. The van der Waals surface area contributed by atoms with E-state index < -0.39 is 5.97 Å². The van der Waals surface area contributed by atoms with Crippen LogP contribution >= 0.6 is 0 Å². The van der Waals surface area contributed by atoms with Gasteiger partial charge in [0, 0.05) is 17.9 Å². The Bertz CT molecular complexity index is 262. The molecule has 66 valence electrons. The van der Waals surface area contributed by atoms with Crippen molar-refractivity contribution in [3.8, 4) is 0 Å². The summed E-state index contributed by atoms with van der Waals surface area (Å²) in [6.07, 6.45) is 3.90. The lowest BCUT2D eigenvalue weighted by molar-refractivity contribution is -0.138. The lowest BCUT2D eigenvalue weighted by atomic mass is 10.0. The van der Waals surface area contributed by atoms with E-state index in [1.807, 2.05) is 42.9 Å². The Morgan fingerprint density at radius 1 is 1.42 bits per heavy atom. The Morgan fingerprint density at radius 3 is 2.33 bits per heavy atom. The lowest BCUT2D eigenvalue weighted by Gasteiger charge is -2.24. The first-order chi connectivity index (χ1) is 5.52. The molecule has 0 bridgehead atoms. The third-order valence-electron chi connectivity index (χ3n) is 1.89. The fourth-order valence-electron chi connectivity index (χ4n) is 1.20. The molecule has 1 aromatic rings. The van der Waals surface area contributed by atoms with Crippen molar-refractivity contribution in [3.63, 3.8) is 0 Å². The summed E-state index contributed by atoms with van der Waals surface area (Å²) in [6, 6.07) is 3.78. The van der Waals surface area contributed by atoms with Crippen molar-refractivity contribution in [2.45, 2.75) is 25.8 Å². The van der Waals surface area contributed by atoms with Gasteiger partial charge in [-0.05, 0) is 26.0 Å². The quantitative estimate of drug-likeness (QED) is 0.744. The molecule has 0 aromatic carbocycles. The largest absolute Gasteiger partial charge is 0.481 e. The standard InChI is InChI=1S/C9H13NO2/c1-9(2,7-8(11)12)10-5-3-4-6-10/h3-6H,7H2,1-2H3,(H,11,12).